The fraction of sp³-hybridized carbons (Fsp3) is 0.348. The highest BCUT2D eigenvalue weighted by Crippen LogP contribution is 2.24. The number of hydrogen-bond donors (Lipinski definition) is 1. The lowest BCUT2D eigenvalue weighted by molar-refractivity contribution is 0.0845. The summed E-state index contributed by atoms with van der Waals surface area (Å²) in [5, 5.41) is 4.16. The molecule has 1 atom stereocenters. The molecule has 3 aromatic rings. The van der Waals surface area contributed by atoms with Crippen molar-refractivity contribution in [3.63, 3.8) is 0 Å². The van der Waals surface area contributed by atoms with Crippen molar-refractivity contribution in [2.45, 2.75) is 26.4 Å². The van der Waals surface area contributed by atoms with Crippen LogP contribution in [0.4, 0.5) is 0 Å². The molecule has 0 radical (unpaired) electrons. The van der Waals surface area contributed by atoms with Gasteiger partial charge >= 0.3 is 0 Å². The Labute approximate surface area is 176 Å². The van der Waals surface area contributed by atoms with Crippen LogP contribution in [0.25, 0.3) is 11.4 Å². The van der Waals surface area contributed by atoms with Crippen LogP contribution in [-0.4, -0.2) is 52.0 Å². The summed E-state index contributed by atoms with van der Waals surface area (Å²) in [7, 11) is 0. The summed E-state index contributed by atoms with van der Waals surface area (Å²) < 4.78 is 5.56. The van der Waals surface area contributed by atoms with Crippen LogP contribution in [0.3, 0.4) is 0 Å². The molecule has 0 aliphatic carbocycles. The van der Waals surface area contributed by atoms with Gasteiger partial charge in [0.25, 0.3) is 0 Å². The largest absolute Gasteiger partial charge is 0.366 e. The van der Waals surface area contributed by atoms with Gasteiger partial charge in [0.2, 0.25) is 17.6 Å². The van der Waals surface area contributed by atoms with E-state index < -0.39 is 0 Å². The summed E-state index contributed by atoms with van der Waals surface area (Å²) in [6, 6.07) is 15.7. The Kier molecular flexibility index (Phi) is 5.92. The van der Waals surface area contributed by atoms with Gasteiger partial charge in [0.05, 0.1) is 6.04 Å². The highest BCUT2D eigenvalue weighted by Gasteiger charge is 2.26. The highest BCUT2D eigenvalue weighted by atomic mass is 16.5. The first-order chi connectivity index (χ1) is 14.5. The van der Waals surface area contributed by atoms with Crippen molar-refractivity contribution in [2.24, 2.45) is 5.73 Å². The molecule has 1 aromatic heterocycles. The fourth-order valence-corrected chi connectivity index (χ4v) is 3.77. The van der Waals surface area contributed by atoms with Crippen molar-refractivity contribution >= 4 is 5.91 Å². The number of aryl methyl sites for hydroxylation is 1. The van der Waals surface area contributed by atoms with Crippen molar-refractivity contribution in [3.05, 3.63) is 71.1 Å². The van der Waals surface area contributed by atoms with E-state index >= 15 is 0 Å². The predicted molar refractivity (Wildman–Crippen MR) is 115 cm³/mol. The molecule has 1 aliphatic heterocycles. The Morgan fingerprint density at radius 3 is 2.57 bits per heavy atom. The maximum atomic E-state index is 11.4. The van der Waals surface area contributed by atoms with Crippen LogP contribution in [0.2, 0.25) is 0 Å². The monoisotopic (exact) mass is 405 g/mol. The smallest absolute Gasteiger partial charge is 0.248 e. The van der Waals surface area contributed by atoms with E-state index in [0.717, 1.165) is 43.9 Å². The Balaban J connectivity index is 1.34. The first-order valence-corrected chi connectivity index (χ1v) is 10.3. The van der Waals surface area contributed by atoms with Crippen LogP contribution in [0.5, 0.6) is 0 Å². The summed E-state index contributed by atoms with van der Waals surface area (Å²) >= 11 is 0. The lowest BCUT2D eigenvalue weighted by atomic mass is 10.1. The molecule has 1 unspecified atom stereocenters. The molecular formula is C23H27N5O2. The lowest BCUT2D eigenvalue weighted by Gasteiger charge is -2.36. The number of carbonyl (C=O) groups excluding carboxylic acids is 1. The van der Waals surface area contributed by atoms with E-state index in [2.05, 4.69) is 33.8 Å². The van der Waals surface area contributed by atoms with Crippen LogP contribution in [-0.2, 0) is 6.54 Å². The molecule has 4 rings (SSSR count). The number of primary amides is 1. The Bertz CT molecular complexity index is 1010. The molecule has 30 heavy (non-hydrogen) atoms. The molecule has 1 fully saturated rings. The number of carbonyl (C=O) groups is 1. The van der Waals surface area contributed by atoms with Gasteiger partial charge in [0.1, 0.15) is 0 Å². The van der Waals surface area contributed by atoms with Gasteiger partial charge < -0.3 is 10.3 Å². The summed E-state index contributed by atoms with van der Waals surface area (Å²) in [6.45, 7) is 8.67. The third kappa shape index (κ3) is 4.58. The number of nitrogens with zero attached hydrogens (tertiary/aromatic N) is 4. The molecule has 0 spiro atoms. The van der Waals surface area contributed by atoms with Crippen molar-refractivity contribution in [2.75, 3.05) is 26.2 Å². The van der Waals surface area contributed by atoms with Crippen LogP contribution in [0.1, 0.15) is 40.3 Å². The quantitative estimate of drug-likeness (QED) is 0.678. The van der Waals surface area contributed by atoms with Gasteiger partial charge in [0, 0.05) is 43.9 Å². The fourth-order valence-electron chi connectivity index (χ4n) is 3.77. The summed E-state index contributed by atoms with van der Waals surface area (Å²) in [4.78, 5) is 20.8. The average Bonchev–Trinajstić information content (AvgIpc) is 3.25. The molecule has 2 heterocycles. The zero-order valence-electron chi connectivity index (χ0n) is 17.4. The zero-order valence-corrected chi connectivity index (χ0v) is 17.4. The molecule has 0 saturated carbocycles. The van der Waals surface area contributed by atoms with E-state index in [1.165, 1.54) is 5.56 Å². The van der Waals surface area contributed by atoms with Crippen molar-refractivity contribution in [1.29, 1.82) is 0 Å². The van der Waals surface area contributed by atoms with E-state index in [1.54, 1.807) is 6.07 Å². The number of amides is 1. The maximum absolute atomic E-state index is 11.4. The number of rotatable bonds is 6. The Morgan fingerprint density at radius 2 is 1.87 bits per heavy atom. The standard InChI is InChI=1S/C23H27N5O2/c1-16-6-8-19(9-7-16)22-25-23(30-26-22)17(2)28-12-10-27(11-13-28)15-18-4-3-5-20(14-18)21(24)29/h3-9,14,17H,10-13,15H2,1-2H3,(H2,24,29). The second kappa shape index (κ2) is 8.77. The number of piperazine rings is 1. The molecule has 156 valence electrons. The minimum Gasteiger partial charge on any atom is -0.366 e. The van der Waals surface area contributed by atoms with Gasteiger partial charge in [-0.15, -0.1) is 0 Å². The molecule has 1 aliphatic rings. The molecule has 2 N–H and O–H groups in total. The van der Waals surface area contributed by atoms with Crippen molar-refractivity contribution < 1.29 is 9.32 Å². The highest BCUT2D eigenvalue weighted by molar-refractivity contribution is 5.92. The van der Waals surface area contributed by atoms with Gasteiger partial charge in [-0.3, -0.25) is 14.6 Å². The normalized spacial score (nSPS) is 16.5. The lowest BCUT2D eigenvalue weighted by Crippen LogP contribution is -2.46. The second-order valence-electron chi connectivity index (χ2n) is 7.87. The number of hydrogen-bond acceptors (Lipinski definition) is 6. The number of aromatic nitrogens is 2. The SMILES string of the molecule is Cc1ccc(-c2noc(C(C)N3CCN(Cc4cccc(C(N)=O)c4)CC3)n2)cc1. The van der Waals surface area contributed by atoms with Crippen LogP contribution < -0.4 is 5.73 Å². The number of benzene rings is 2. The molecule has 7 heteroatoms. The molecular weight excluding hydrogens is 378 g/mol. The Morgan fingerprint density at radius 1 is 1.13 bits per heavy atom. The van der Waals surface area contributed by atoms with Gasteiger partial charge in [0.15, 0.2) is 0 Å². The molecule has 1 amide bonds. The third-order valence-corrected chi connectivity index (χ3v) is 5.68. The average molecular weight is 406 g/mol. The van der Waals surface area contributed by atoms with Crippen molar-refractivity contribution in [3.8, 4) is 11.4 Å². The van der Waals surface area contributed by atoms with Crippen LogP contribution in [0, 0.1) is 6.92 Å². The second-order valence-corrected chi connectivity index (χ2v) is 7.87. The van der Waals surface area contributed by atoms with E-state index in [-0.39, 0.29) is 11.9 Å². The minimum atomic E-state index is -0.389. The topological polar surface area (TPSA) is 88.5 Å². The first kappa shape index (κ1) is 20.3. The predicted octanol–water partition coefficient (Wildman–Crippen LogP) is 3.02. The summed E-state index contributed by atoms with van der Waals surface area (Å²) in [5.74, 6) is 0.887. The molecule has 7 nitrogen and oxygen atoms in total. The molecule has 1 saturated heterocycles. The molecule has 0 bridgehead atoms. The van der Waals surface area contributed by atoms with Gasteiger partial charge in [-0.25, -0.2) is 0 Å². The van der Waals surface area contributed by atoms with Gasteiger partial charge in [-0.05, 0) is 31.5 Å². The maximum Gasteiger partial charge on any atom is 0.248 e. The van der Waals surface area contributed by atoms with Gasteiger partial charge in [-0.2, -0.15) is 4.98 Å². The third-order valence-electron chi connectivity index (χ3n) is 5.68. The first-order valence-electron chi connectivity index (χ1n) is 10.3. The van der Waals surface area contributed by atoms with Crippen LogP contribution >= 0.6 is 0 Å². The zero-order chi connectivity index (χ0) is 21.1. The van der Waals surface area contributed by atoms with E-state index in [0.29, 0.717) is 17.3 Å². The molecule has 2 aromatic carbocycles. The summed E-state index contributed by atoms with van der Waals surface area (Å²) in [6.07, 6.45) is 0. The van der Waals surface area contributed by atoms with E-state index in [9.17, 15) is 4.79 Å². The van der Waals surface area contributed by atoms with Crippen molar-refractivity contribution in [1.82, 2.24) is 19.9 Å². The van der Waals surface area contributed by atoms with Crippen LogP contribution in [0.15, 0.2) is 53.1 Å². The van der Waals surface area contributed by atoms with E-state index in [4.69, 9.17) is 10.3 Å². The van der Waals surface area contributed by atoms with Gasteiger partial charge in [-0.1, -0.05) is 47.1 Å². The Hall–Kier alpha value is -3.03. The minimum absolute atomic E-state index is 0.0667. The summed E-state index contributed by atoms with van der Waals surface area (Å²) in [5.41, 5.74) is 9.22. The number of nitrogens with two attached hydrogens (primary N) is 1. The van der Waals surface area contributed by atoms with E-state index in [1.807, 2.05) is 42.5 Å².